The highest BCUT2D eigenvalue weighted by Crippen LogP contribution is 2.56. The number of fused-ring (bicyclic) bond motifs is 1. The molecule has 104 valence electrons. The minimum atomic E-state index is -1.11. The maximum Gasteiger partial charge on any atom is 0.0934 e. The summed E-state index contributed by atoms with van der Waals surface area (Å²) >= 11 is 0. The molecule has 0 aliphatic heterocycles. The molecular formula is C15H26O3. The Morgan fingerprint density at radius 2 is 1.89 bits per heavy atom. The van der Waals surface area contributed by atoms with E-state index in [1.54, 1.807) is 13.8 Å². The van der Waals surface area contributed by atoms with E-state index in [0.717, 1.165) is 24.8 Å². The summed E-state index contributed by atoms with van der Waals surface area (Å²) in [6.45, 7) is 9.58. The average Bonchev–Trinajstić information content (AvgIpc) is 2.26. The van der Waals surface area contributed by atoms with E-state index in [-0.39, 0.29) is 11.3 Å². The van der Waals surface area contributed by atoms with Crippen molar-refractivity contribution >= 4 is 0 Å². The Morgan fingerprint density at radius 3 is 2.44 bits per heavy atom. The number of hydrogen-bond donors (Lipinski definition) is 3. The highest BCUT2D eigenvalue weighted by Gasteiger charge is 2.54. The van der Waals surface area contributed by atoms with Gasteiger partial charge in [0.1, 0.15) is 0 Å². The predicted octanol–water partition coefficient (Wildman–Crippen LogP) is 2.01. The molecule has 18 heavy (non-hydrogen) atoms. The van der Waals surface area contributed by atoms with Crippen molar-refractivity contribution in [2.24, 2.45) is 11.3 Å². The molecule has 2 fully saturated rings. The van der Waals surface area contributed by atoms with E-state index in [9.17, 15) is 15.3 Å². The van der Waals surface area contributed by atoms with Gasteiger partial charge in [-0.25, -0.2) is 0 Å². The first-order chi connectivity index (χ1) is 8.09. The lowest BCUT2D eigenvalue weighted by molar-refractivity contribution is -0.177. The summed E-state index contributed by atoms with van der Waals surface area (Å²) in [4.78, 5) is 0. The van der Waals surface area contributed by atoms with Crippen LogP contribution < -0.4 is 0 Å². The predicted molar refractivity (Wildman–Crippen MR) is 71.1 cm³/mol. The van der Waals surface area contributed by atoms with Crippen molar-refractivity contribution in [3.05, 3.63) is 12.2 Å². The summed E-state index contributed by atoms with van der Waals surface area (Å²) in [5.41, 5.74) is -1.23. The molecule has 0 aromatic carbocycles. The van der Waals surface area contributed by atoms with Gasteiger partial charge >= 0.3 is 0 Å². The largest absolute Gasteiger partial charge is 0.389 e. The van der Waals surface area contributed by atoms with Gasteiger partial charge in [-0.05, 0) is 62.9 Å². The topological polar surface area (TPSA) is 60.7 Å². The fraction of sp³-hybridized carbons (Fsp3) is 0.867. The molecule has 0 radical (unpaired) electrons. The van der Waals surface area contributed by atoms with E-state index < -0.39 is 17.3 Å². The Hall–Kier alpha value is -0.380. The molecular weight excluding hydrogens is 228 g/mol. The van der Waals surface area contributed by atoms with Crippen molar-refractivity contribution in [1.82, 2.24) is 0 Å². The number of rotatable bonds is 1. The first kappa shape index (κ1) is 14.0. The first-order valence-electron chi connectivity index (χ1n) is 6.91. The van der Waals surface area contributed by atoms with Gasteiger partial charge in [0.2, 0.25) is 0 Å². The molecule has 2 aliphatic rings. The van der Waals surface area contributed by atoms with Crippen LogP contribution in [-0.2, 0) is 0 Å². The minimum Gasteiger partial charge on any atom is -0.389 e. The second-order valence-electron chi connectivity index (χ2n) is 7.13. The van der Waals surface area contributed by atoms with Crippen LogP contribution in [0.4, 0.5) is 0 Å². The Kier molecular flexibility index (Phi) is 3.16. The normalized spacial score (nSPS) is 45.8. The molecule has 0 aromatic heterocycles. The highest BCUT2D eigenvalue weighted by atomic mass is 16.4. The SMILES string of the molecule is C=C1C(O)CCC2(C)CCC(O)(C(C)(C)O)CC12. The quantitative estimate of drug-likeness (QED) is 0.627. The van der Waals surface area contributed by atoms with Crippen molar-refractivity contribution in [3.63, 3.8) is 0 Å². The van der Waals surface area contributed by atoms with Crippen LogP contribution in [0.2, 0.25) is 0 Å². The molecule has 2 aliphatic carbocycles. The maximum absolute atomic E-state index is 10.7. The molecule has 3 heteroatoms. The first-order valence-corrected chi connectivity index (χ1v) is 6.91. The summed E-state index contributed by atoms with van der Waals surface area (Å²) < 4.78 is 0. The van der Waals surface area contributed by atoms with Crippen LogP contribution in [0.25, 0.3) is 0 Å². The highest BCUT2D eigenvalue weighted by molar-refractivity contribution is 5.20. The van der Waals surface area contributed by atoms with Gasteiger partial charge < -0.3 is 15.3 Å². The smallest absolute Gasteiger partial charge is 0.0934 e. The molecule has 0 amide bonds. The third kappa shape index (κ3) is 2.02. The Morgan fingerprint density at radius 1 is 1.28 bits per heavy atom. The zero-order chi connectivity index (χ0) is 13.8. The summed E-state index contributed by atoms with van der Waals surface area (Å²) in [6.07, 6.45) is 3.29. The zero-order valence-corrected chi connectivity index (χ0v) is 11.7. The molecule has 0 aromatic rings. The molecule has 3 N–H and O–H groups in total. The van der Waals surface area contributed by atoms with Gasteiger partial charge in [-0.2, -0.15) is 0 Å². The monoisotopic (exact) mass is 254 g/mol. The van der Waals surface area contributed by atoms with Gasteiger partial charge in [0.15, 0.2) is 0 Å². The second-order valence-corrected chi connectivity index (χ2v) is 7.13. The second kappa shape index (κ2) is 4.06. The van der Waals surface area contributed by atoms with Crippen molar-refractivity contribution in [2.45, 2.75) is 70.2 Å². The average molecular weight is 254 g/mol. The van der Waals surface area contributed by atoms with Crippen LogP contribution in [0, 0.1) is 11.3 Å². The van der Waals surface area contributed by atoms with E-state index in [0.29, 0.717) is 12.8 Å². The standard InChI is InChI=1S/C15H26O3/c1-10-11-9-15(18,13(2,3)17)8-7-14(11,4)6-5-12(10)16/h11-12,16-18H,1,5-9H2,2-4H3. The van der Waals surface area contributed by atoms with E-state index in [2.05, 4.69) is 13.5 Å². The van der Waals surface area contributed by atoms with Gasteiger partial charge in [-0.15, -0.1) is 0 Å². The number of aliphatic hydroxyl groups is 3. The maximum atomic E-state index is 10.7. The Balaban J connectivity index is 2.28. The van der Waals surface area contributed by atoms with Crippen LogP contribution >= 0.6 is 0 Å². The lowest BCUT2D eigenvalue weighted by Crippen LogP contribution is -2.57. The lowest BCUT2D eigenvalue weighted by atomic mass is 9.53. The number of hydrogen-bond acceptors (Lipinski definition) is 3. The van der Waals surface area contributed by atoms with Crippen molar-refractivity contribution in [2.75, 3.05) is 0 Å². The van der Waals surface area contributed by atoms with Gasteiger partial charge in [-0.3, -0.25) is 0 Å². The fourth-order valence-corrected chi connectivity index (χ4v) is 3.67. The molecule has 4 atom stereocenters. The van der Waals surface area contributed by atoms with Gasteiger partial charge in [0.25, 0.3) is 0 Å². The molecule has 0 saturated heterocycles. The van der Waals surface area contributed by atoms with Crippen LogP contribution in [0.15, 0.2) is 12.2 Å². The van der Waals surface area contributed by atoms with E-state index in [1.165, 1.54) is 0 Å². The van der Waals surface area contributed by atoms with Crippen molar-refractivity contribution in [1.29, 1.82) is 0 Å². The summed E-state index contributed by atoms with van der Waals surface area (Å²) in [7, 11) is 0. The Labute approximate surface area is 110 Å². The molecule has 0 heterocycles. The van der Waals surface area contributed by atoms with Crippen LogP contribution in [-0.4, -0.2) is 32.6 Å². The lowest BCUT2D eigenvalue weighted by Gasteiger charge is -2.55. The van der Waals surface area contributed by atoms with Gasteiger partial charge in [0.05, 0.1) is 17.3 Å². The van der Waals surface area contributed by atoms with Crippen LogP contribution in [0.1, 0.15) is 52.9 Å². The van der Waals surface area contributed by atoms with Gasteiger partial charge in [0, 0.05) is 0 Å². The summed E-state index contributed by atoms with van der Waals surface area (Å²) in [5, 5.41) is 30.8. The van der Waals surface area contributed by atoms with Gasteiger partial charge in [-0.1, -0.05) is 13.5 Å². The van der Waals surface area contributed by atoms with Crippen LogP contribution in [0.5, 0.6) is 0 Å². The third-order valence-electron chi connectivity index (χ3n) is 5.50. The summed E-state index contributed by atoms with van der Waals surface area (Å²) in [5.74, 6) is 0.103. The van der Waals surface area contributed by atoms with Crippen LogP contribution in [0.3, 0.4) is 0 Å². The van der Waals surface area contributed by atoms with Crippen molar-refractivity contribution in [3.8, 4) is 0 Å². The molecule has 2 rings (SSSR count). The molecule has 0 bridgehead atoms. The fourth-order valence-electron chi connectivity index (χ4n) is 3.67. The minimum absolute atomic E-state index is 0.103. The Bertz CT molecular complexity index is 357. The van der Waals surface area contributed by atoms with E-state index in [4.69, 9.17) is 0 Å². The van der Waals surface area contributed by atoms with E-state index >= 15 is 0 Å². The third-order valence-corrected chi connectivity index (χ3v) is 5.50. The molecule has 3 nitrogen and oxygen atoms in total. The molecule has 0 spiro atoms. The van der Waals surface area contributed by atoms with Crippen molar-refractivity contribution < 1.29 is 15.3 Å². The summed E-state index contributed by atoms with van der Waals surface area (Å²) in [6, 6.07) is 0. The molecule has 2 saturated carbocycles. The zero-order valence-electron chi connectivity index (χ0n) is 11.7. The van der Waals surface area contributed by atoms with E-state index in [1.807, 2.05) is 0 Å². The molecule has 4 unspecified atom stereocenters. The number of aliphatic hydroxyl groups excluding tert-OH is 1.